The van der Waals surface area contributed by atoms with Crippen LogP contribution in [0, 0.1) is 0 Å². The molecule has 1 aromatic rings. The van der Waals surface area contributed by atoms with Crippen LogP contribution in [-0.4, -0.2) is 12.5 Å². The first kappa shape index (κ1) is 12.7. The van der Waals surface area contributed by atoms with Gasteiger partial charge in [0.2, 0.25) is 0 Å². The highest BCUT2D eigenvalue weighted by Crippen LogP contribution is 2.15. The van der Waals surface area contributed by atoms with Gasteiger partial charge in [0.1, 0.15) is 5.75 Å². The van der Waals surface area contributed by atoms with Gasteiger partial charge in [0.15, 0.2) is 0 Å². The molecule has 0 aliphatic rings. The van der Waals surface area contributed by atoms with Crippen LogP contribution in [0.4, 0.5) is 0 Å². The van der Waals surface area contributed by atoms with Crippen LogP contribution < -0.4 is 4.74 Å². The summed E-state index contributed by atoms with van der Waals surface area (Å²) < 4.78 is 5.55. The van der Waals surface area contributed by atoms with Gasteiger partial charge >= 0.3 is 0 Å². The molecule has 1 aromatic carbocycles. The Morgan fingerprint density at radius 2 is 1.60 bits per heavy atom. The van der Waals surface area contributed by atoms with Gasteiger partial charge in [-0.05, 0) is 37.1 Å². The van der Waals surface area contributed by atoms with Gasteiger partial charge in [-0.15, -0.1) is 11.6 Å². The average molecular weight is 247 g/mol. The van der Waals surface area contributed by atoms with Gasteiger partial charge in [0, 0.05) is 10.9 Å². The van der Waals surface area contributed by atoms with E-state index in [1.807, 2.05) is 24.3 Å². The Balaban J connectivity index is 2.07. The topological polar surface area (TPSA) is 9.23 Å². The van der Waals surface area contributed by atoms with Crippen molar-refractivity contribution in [2.45, 2.75) is 25.7 Å². The number of alkyl halides is 1. The van der Waals surface area contributed by atoms with E-state index in [-0.39, 0.29) is 0 Å². The SMILES string of the molecule is ClCCCCCCOc1ccc(Cl)cc1. The van der Waals surface area contributed by atoms with Crippen molar-refractivity contribution in [2.24, 2.45) is 0 Å². The quantitative estimate of drug-likeness (QED) is 0.508. The van der Waals surface area contributed by atoms with Crippen molar-refractivity contribution >= 4 is 23.2 Å². The summed E-state index contributed by atoms with van der Waals surface area (Å²) in [6, 6.07) is 7.46. The molecule has 0 aliphatic carbocycles. The number of halogens is 2. The Bertz CT molecular complexity index is 259. The van der Waals surface area contributed by atoms with Crippen LogP contribution in [0.3, 0.4) is 0 Å². The second-order valence-electron chi connectivity index (χ2n) is 3.41. The predicted molar refractivity (Wildman–Crippen MR) is 66.1 cm³/mol. The van der Waals surface area contributed by atoms with Crippen LogP contribution >= 0.6 is 23.2 Å². The van der Waals surface area contributed by atoms with Crippen molar-refractivity contribution in [1.82, 2.24) is 0 Å². The van der Waals surface area contributed by atoms with Gasteiger partial charge in [0.25, 0.3) is 0 Å². The molecule has 1 nitrogen and oxygen atoms in total. The summed E-state index contributed by atoms with van der Waals surface area (Å²) >= 11 is 11.3. The van der Waals surface area contributed by atoms with Gasteiger partial charge in [-0.1, -0.05) is 24.4 Å². The van der Waals surface area contributed by atoms with Gasteiger partial charge in [-0.2, -0.15) is 0 Å². The molecule has 3 heteroatoms. The molecule has 0 atom stereocenters. The van der Waals surface area contributed by atoms with E-state index < -0.39 is 0 Å². The first-order chi connectivity index (χ1) is 7.33. The fourth-order valence-corrected chi connectivity index (χ4v) is 1.59. The van der Waals surface area contributed by atoms with E-state index in [9.17, 15) is 0 Å². The molecule has 0 saturated heterocycles. The van der Waals surface area contributed by atoms with Crippen LogP contribution in [0.15, 0.2) is 24.3 Å². The van der Waals surface area contributed by atoms with Crippen molar-refractivity contribution < 1.29 is 4.74 Å². The third-order valence-corrected chi connectivity index (χ3v) is 2.63. The highest BCUT2D eigenvalue weighted by atomic mass is 35.5. The van der Waals surface area contributed by atoms with Gasteiger partial charge < -0.3 is 4.74 Å². The van der Waals surface area contributed by atoms with Gasteiger partial charge in [-0.3, -0.25) is 0 Å². The molecular formula is C12H16Cl2O. The average Bonchev–Trinajstić information content (AvgIpc) is 2.26. The minimum atomic E-state index is 0.740. The van der Waals surface area contributed by atoms with Gasteiger partial charge in [0.05, 0.1) is 6.61 Å². The maximum Gasteiger partial charge on any atom is 0.119 e. The van der Waals surface area contributed by atoms with E-state index in [4.69, 9.17) is 27.9 Å². The molecule has 0 amide bonds. The second-order valence-corrected chi connectivity index (χ2v) is 4.22. The lowest BCUT2D eigenvalue weighted by molar-refractivity contribution is 0.305. The lowest BCUT2D eigenvalue weighted by Crippen LogP contribution is -1.97. The number of rotatable bonds is 7. The molecule has 0 radical (unpaired) electrons. The normalized spacial score (nSPS) is 10.3. The molecule has 84 valence electrons. The Hall–Kier alpha value is -0.400. The zero-order valence-electron chi connectivity index (χ0n) is 8.72. The molecule has 15 heavy (non-hydrogen) atoms. The van der Waals surface area contributed by atoms with Crippen LogP contribution in [0.5, 0.6) is 5.75 Å². The monoisotopic (exact) mass is 246 g/mol. The summed E-state index contributed by atoms with van der Waals surface area (Å²) in [6.45, 7) is 0.768. The van der Waals surface area contributed by atoms with Crippen molar-refractivity contribution in [3.8, 4) is 5.75 Å². The molecule has 1 rings (SSSR count). The minimum absolute atomic E-state index is 0.740. The highest BCUT2D eigenvalue weighted by Gasteiger charge is 1.94. The van der Waals surface area contributed by atoms with Crippen LogP contribution in [0.25, 0.3) is 0 Å². The molecule has 0 unspecified atom stereocenters. The third-order valence-electron chi connectivity index (χ3n) is 2.11. The molecule has 0 N–H and O–H groups in total. The van der Waals surface area contributed by atoms with E-state index in [1.165, 1.54) is 12.8 Å². The van der Waals surface area contributed by atoms with E-state index in [1.54, 1.807) is 0 Å². The molecule has 0 aliphatic heterocycles. The fourth-order valence-electron chi connectivity index (χ4n) is 1.27. The molecule has 0 heterocycles. The summed E-state index contributed by atoms with van der Waals surface area (Å²) in [6.07, 6.45) is 4.55. The molecule has 0 bridgehead atoms. The maximum atomic E-state index is 5.76. The Morgan fingerprint density at radius 3 is 2.27 bits per heavy atom. The zero-order valence-corrected chi connectivity index (χ0v) is 10.2. The lowest BCUT2D eigenvalue weighted by atomic mass is 10.2. The summed E-state index contributed by atoms with van der Waals surface area (Å²) in [5.41, 5.74) is 0. The molecule has 0 saturated carbocycles. The highest BCUT2D eigenvalue weighted by molar-refractivity contribution is 6.30. The minimum Gasteiger partial charge on any atom is -0.494 e. The van der Waals surface area contributed by atoms with E-state index in [0.29, 0.717) is 0 Å². The fraction of sp³-hybridized carbons (Fsp3) is 0.500. The number of hydrogen-bond donors (Lipinski definition) is 0. The largest absolute Gasteiger partial charge is 0.494 e. The summed E-state index contributed by atoms with van der Waals surface area (Å²) in [7, 11) is 0. The standard InChI is InChI=1S/C12H16Cl2O/c13-9-3-1-2-4-10-15-12-7-5-11(14)6-8-12/h5-8H,1-4,9-10H2. The third kappa shape index (κ3) is 5.91. The van der Waals surface area contributed by atoms with E-state index in [2.05, 4.69) is 0 Å². The van der Waals surface area contributed by atoms with Crippen LogP contribution in [0.1, 0.15) is 25.7 Å². The van der Waals surface area contributed by atoms with Crippen molar-refractivity contribution in [2.75, 3.05) is 12.5 Å². The number of ether oxygens (including phenoxy) is 1. The van der Waals surface area contributed by atoms with Crippen molar-refractivity contribution in [3.63, 3.8) is 0 Å². The summed E-state index contributed by atoms with van der Waals surface area (Å²) in [5, 5.41) is 0.740. The zero-order chi connectivity index (χ0) is 10.9. The van der Waals surface area contributed by atoms with E-state index in [0.717, 1.165) is 36.1 Å². The first-order valence-electron chi connectivity index (χ1n) is 5.27. The maximum absolute atomic E-state index is 5.76. The van der Waals surface area contributed by atoms with Crippen molar-refractivity contribution in [3.05, 3.63) is 29.3 Å². The summed E-state index contributed by atoms with van der Waals surface area (Å²) in [4.78, 5) is 0. The van der Waals surface area contributed by atoms with Crippen LogP contribution in [-0.2, 0) is 0 Å². The predicted octanol–water partition coefficient (Wildman–Crippen LogP) is 4.52. The van der Waals surface area contributed by atoms with Crippen LogP contribution in [0.2, 0.25) is 5.02 Å². The smallest absolute Gasteiger partial charge is 0.119 e. The molecule has 0 fully saturated rings. The number of benzene rings is 1. The number of hydrogen-bond acceptors (Lipinski definition) is 1. The molecule has 0 aromatic heterocycles. The summed E-state index contributed by atoms with van der Waals surface area (Å²) in [5.74, 6) is 1.65. The first-order valence-corrected chi connectivity index (χ1v) is 6.18. The Kier molecular flexibility index (Phi) is 6.62. The molecular weight excluding hydrogens is 231 g/mol. The number of unbranched alkanes of at least 4 members (excludes halogenated alkanes) is 3. The second kappa shape index (κ2) is 7.84. The lowest BCUT2D eigenvalue weighted by Gasteiger charge is -2.05. The molecule has 0 spiro atoms. The Morgan fingerprint density at radius 1 is 0.933 bits per heavy atom. The Labute approximate surface area is 101 Å². The van der Waals surface area contributed by atoms with E-state index >= 15 is 0 Å². The van der Waals surface area contributed by atoms with Gasteiger partial charge in [-0.25, -0.2) is 0 Å². The van der Waals surface area contributed by atoms with Crippen molar-refractivity contribution in [1.29, 1.82) is 0 Å².